The quantitative estimate of drug-likeness (QED) is 0.709. The van der Waals surface area contributed by atoms with E-state index in [1.54, 1.807) is 6.08 Å². The summed E-state index contributed by atoms with van der Waals surface area (Å²) in [5.41, 5.74) is 6.45. The van der Waals surface area contributed by atoms with Crippen LogP contribution in [0.15, 0.2) is 12.1 Å². The molecule has 0 atom stereocenters. The lowest BCUT2D eigenvalue weighted by Crippen LogP contribution is -2.18. The monoisotopic (exact) mass is 241 g/mol. The van der Waals surface area contributed by atoms with E-state index >= 15 is 0 Å². The Hall–Kier alpha value is -1.63. The molecular formula is C15H15NO2. The zero-order valence-electron chi connectivity index (χ0n) is 10.2. The van der Waals surface area contributed by atoms with Crippen LogP contribution < -0.4 is 0 Å². The summed E-state index contributed by atoms with van der Waals surface area (Å²) in [5.74, 6) is 0. The largest absolute Gasteiger partial charge is 0.376 e. The third kappa shape index (κ3) is 1.94. The smallest absolute Gasteiger partial charge is 0.0912 e. The van der Waals surface area contributed by atoms with E-state index in [1.807, 2.05) is 6.08 Å². The minimum atomic E-state index is 0.677. The summed E-state index contributed by atoms with van der Waals surface area (Å²) in [5, 5.41) is 8.75. The van der Waals surface area contributed by atoms with Gasteiger partial charge >= 0.3 is 0 Å². The highest BCUT2D eigenvalue weighted by Gasteiger charge is 2.20. The van der Waals surface area contributed by atoms with Crippen molar-refractivity contribution in [2.75, 3.05) is 13.2 Å². The molecule has 0 saturated heterocycles. The van der Waals surface area contributed by atoms with E-state index in [2.05, 4.69) is 12.1 Å². The van der Waals surface area contributed by atoms with Gasteiger partial charge in [0.15, 0.2) is 0 Å². The van der Waals surface area contributed by atoms with E-state index in [0.29, 0.717) is 13.2 Å². The van der Waals surface area contributed by atoms with Crippen LogP contribution in [0.5, 0.6) is 0 Å². The number of allylic oxidation sites excluding steroid dienone is 1. The highest BCUT2D eigenvalue weighted by Crippen LogP contribution is 2.31. The van der Waals surface area contributed by atoms with E-state index < -0.39 is 0 Å². The Bertz CT molecular complexity index is 506. The lowest BCUT2D eigenvalue weighted by atomic mass is 9.87. The molecule has 2 heterocycles. The van der Waals surface area contributed by atoms with Crippen LogP contribution in [0.1, 0.15) is 27.8 Å². The summed E-state index contributed by atoms with van der Waals surface area (Å²) in [4.78, 5) is 0. The van der Waals surface area contributed by atoms with Crippen molar-refractivity contribution in [3.63, 3.8) is 0 Å². The van der Waals surface area contributed by atoms with Crippen LogP contribution in [0.2, 0.25) is 0 Å². The lowest BCUT2D eigenvalue weighted by molar-refractivity contribution is 0.104. The van der Waals surface area contributed by atoms with Crippen molar-refractivity contribution < 1.29 is 9.47 Å². The molecule has 2 aliphatic heterocycles. The Morgan fingerprint density at radius 3 is 2.22 bits per heavy atom. The molecule has 18 heavy (non-hydrogen) atoms. The molecule has 1 aromatic carbocycles. The van der Waals surface area contributed by atoms with Gasteiger partial charge in [0.05, 0.1) is 32.5 Å². The number of fused-ring (bicyclic) bond motifs is 2. The summed E-state index contributed by atoms with van der Waals surface area (Å²) < 4.78 is 11.0. The maximum absolute atomic E-state index is 8.75. The molecule has 0 bridgehead atoms. The van der Waals surface area contributed by atoms with Crippen molar-refractivity contribution in [1.29, 1.82) is 5.26 Å². The number of nitrogens with zero attached hydrogens (tertiary/aromatic N) is 1. The van der Waals surface area contributed by atoms with E-state index in [0.717, 1.165) is 26.1 Å². The average molecular weight is 241 g/mol. The first-order valence-corrected chi connectivity index (χ1v) is 6.28. The lowest BCUT2D eigenvalue weighted by Gasteiger charge is -2.26. The van der Waals surface area contributed by atoms with Gasteiger partial charge in [-0.25, -0.2) is 0 Å². The van der Waals surface area contributed by atoms with Crippen molar-refractivity contribution >= 4 is 6.08 Å². The number of benzene rings is 1. The molecule has 0 saturated carbocycles. The van der Waals surface area contributed by atoms with Gasteiger partial charge in [-0.3, -0.25) is 0 Å². The molecule has 0 fully saturated rings. The average Bonchev–Trinajstić information content (AvgIpc) is 2.43. The van der Waals surface area contributed by atoms with Gasteiger partial charge in [0.1, 0.15) is 0 Å². The summed E-state index contributed by atoms with van der Waals surface area (Å²) in [6.07, 6.45) is 5.40. The molecule has 92 valence electrons. The molecule has 0 N–H and O–H groups in total. The van der Waals surface area contributed by atoms with Gasteiger partial charge in [-0.2, -0.15) is 5.26 Å². The summed E-state index contributed by atoms with van der Waals surface area (Å²) in [7, 11) is 0. The van der Waals surface area contributed by atoms with Gasteiger partial charge in [-0.15, -0.1) is 0 Å². The summed E-state index contributed by atoms with van der Waals surface area (Å²) in [6.45, 7) is 2.90. The van der Waals surface area contributed by atoms with Crippen LogP contribution in [0.3, 0.4) is 0 Å². The second-order valence-corrected chi connectivity index (χ2v) is 4.63. The van der Waals surface area contributed by atoms with E-state index in [1.165, 1.54) is 27.8 Å². The van der Waals surface area contributed by atoms with Crippen molar-refractivity contribution in [2.45, 2.75) is 26.1 Å². The molecule has 0 unspecified atom stereocenters. The zero-order chi connectivity index (χ0) is 12.4. The van der Waals surface area contributed by atoms with Gasteiger partial charge in [0.2, 0.25) is 0 Å². The fraction of sp³-hybridized carbons (Fsp3) is 0.400. The van der Waals surface area contributed by atoms with Crippen LogP contribution in [0.4, 0.5) is 0 Å². The Balaban J connectivity index is 2.17. The maximum Gasteiger partial charge on any atom is 0.0912 e. The molecule has 0 aromatic heterocycles. The fourth-order valence-electron chi connectivity index (χ4n) is 2.80. The molecule has 1 aromatic rings. The Morgan fingerprint density at radius 2 is 1.67 bits per heavy atom. The second kappa shape index (κ2) is 4.93. The predicted octanol–water partition coefficient (Wildman–Crippen LogP) is 2.37. The number of hydrogen-bond donors (Lipinski definition) is 0. The number of nitriles is 1. The van der Waals surface area contributed by atoms with Crippen LogP contribution in [0.25, 0.3) is 6.08 Å². The van der Waals surface area contributed by atoms with Crippen molar-refractivity contribution in [1.82, 2.24) is 0 Å². The number of rotatable bonds is 1. The molecule has 0 spiro atoms. The highest BCUT2D eigenvalue weighted by molar-refractivity contribution is 5.64. The molecule has 0 aliphatic carbocycles. The Labute approximate surface area is 107 Å². The van der Waals surface area contributed by atoms with Crippen molar-refractivity contribution in [3.8, 4) is 6.07 Å². The van der Waals surface area contributed by atoms with Crippen molar-refractivity contribution in [3.05, 3.63) is 40.0 Å². The number of hydrogen-bond acceptors (Lipinski definition) is 3. The molecule has 3 rings (SSSR count). The van der Waals surface area contributed by atoms with Crippen LogP contribution in [0, 0.1) is 11.3 Å². The van der Waals surface area contributed by atoms with E-state index in [4.69, 9.17) is 14.7 Å². The maximum atomic E-state index is 8.75. The van der Waals surface area contributed by atoms with E-state index in [-0.39, 0.29) is 0 Å². The van der Waals surface area contributed by atoms with Gasteiger partial charge in [-0.05, 0) is 46.7 Å². The minimum absolute atomic E-state index is 0.677. The first-order valence-electron chi connectivity index (χ1n) is 6.28. The van der Waals surface area contributed by atoms with E-state index in [9.17, 15) is 0 Å². The van der Waals surface area contributed by atoms with Gasteiger partial charge in [0.25, 0.3) is 0 Å². The molecule has 2 aliphatic rings. The first kappa shape index (κ1) is 11.5. The van der Waals surface area contributed by atoms with Gasteiger partial charge in [0, 0.05) is 6.08 Å². The minimum Gasteiger partial charge on any atom is -0.376 e. The Kier molecular flexibility index (Phi) is 3.14. The normalized spacial score (nSPS) is 18.2. The SMILES string of the molecule is N#C/C=C/c1c2c(cc3c1CCOC3)COCC2. The molecule has 0 amide bonds. The third-order valence-corrected chi connectivity index (χ3v) is 3.61. The van der Waals surface area contributed by atoms with Crippen molar-refractivity contribution in [2.24, 2.45) is 0 Å². The molecule has 3 nitrogen and oxygen atoms in total. The standard InChI is InChI=1S/C15H15NO2/c16-5-1-2-15-13-3-6-17-9-11(13)8-12-10-18-7-4-14(12)15/h1-2,8H,3-4,6-7,9-10H2/b2-1+. The third-order valence-electron chi connectivity index (χ3n) is 3.61. The molecule has 0 radical (unpaired) electrons. The highest BCUT2D eigenvalue weighted by atomic mass is 16.5. The van der Waals surface area contributed by atoms with Crippen LogP contribution in [-0.2, 0) is 35.5 Å². The van der Waals surface area contributed by atoms with Gasteiger partial charge < -0.3 is 9.47 Å². The number of ether oxygens (including phenoxy) is 2. The summed E-state index contributed by atoms with van der Waals surface area (Å²) in [6, 6.07) is 4.30. The Morgan fingerprint density at radius 1 is 1.06 bits per heavy atom. The topological polar surface area (TPSA) is 42.2 Å². The van der Waals surface area contributed by atoms with Gasteiger partial charge in [-0.1, -0.05) is 6.07 Å². The second-order valence-electron chi connectivity index (χ2n) is 4.63. The predicted molar refractivity (Wildman–Crippen MR) is 67.8 cm³/mol. The van der Waals surface area contributed by atoms with Crippen LogP contribution in [-0.4, -0.2) is 13.2 Å². The zero-order valence-corrected chi connectivity index (χ0v) is 10.2. The first-order chi connectivity index (χ1) is 8.90. The molecule has 3 heteroatoms. The summed E-state index contributed by atoms with van der Waals surface area (Å²) >= 11 is 0. The fourth-order valence-corrected chi connectivity index (χ4v) is 2.80. The van der Waals surface area contributed by atoms with Crippen LogP contribution >= 0.6 is 0 Å². The molecular weight excluding hydrogens is 226 g/mol.